The fourth-order valence-corrected chi connectivity index (χ4v) is 3.13. The lowest BCUT2D eigenvalue weighted by atomic mass is 10.2. The van der Waals surface area contributed by atoms with E-state index in [-0.39, 0.29) is 22.1 Å². The van der Waals surface area contributed by atoms with Crippen LogP contribution in [0.25, 0.3) is 0 Å². The number of hydrogen-bond donors (Lipinski definition) is 2. The Morgan fingerprint density at radius 2 is 2.22 bits per heavy atom. The molecule has 1 atom stereocenters. The molecule has 5 nitrogen and oxygen atoms in total. The molecule has 7 heteroatoms. The van der Waals surface area contributed by atoms with Gasteiger partial charge < -0.3 is 5.11 Å². The highest BCUT2D eigenvalue weighted by molar-refractivity contribution is 7.89. The highest BCUT2D eigenvalue weighted by Gasteiger charge is 2.23. The van der Waals surface area contributed by atoms with Crippen LogP contribution in [0.3, 0.4) is 0 Å². The van der Waals surface area contributed by atoms with E-state index in [9.17, 15) is 8.42 Å². The first-order valence-electron chi connectivity index (χ1n) is 5.28. The van der Waals surface area contributed by atoms with Gasteiger partial charge in [0.15, 0.2) is 0 Å². The van der Waals surface area contributed by atoms with Crippen LogP contribution in [0.4, 0.5) is 0 Å². The van der Waals surface area contributed by atoms with Crippen LogP contribution in [0.1, 0.15) is 18.9 Å². The van der Waals surface area contributed by atoms with Gasteiger partial charge in [0.2, 0.25) is 10.0 Å². The molecule has 1 rings (SSSR count). The van der Waals surface area contributed by atoms with Gasteiger partial charge in [-0.05, 0) is 18.6 Å². The first-order valence-corrected chi connectivity index (χ1v) is 7.14. The van der Waals surface area contributed by atoms with Gasteiger partial charge in [-0.1, -0.05) is 24.6 Å². The van der Waals surface area contributed by atoms with E-state index in [2.05, 4.69) is 4.72 Å². The smallest absolute Gasteiger partial charge is 0.242 e. The first-order chi connectivity index (χ1) is 8.46. The van der Waals surface area contributed by atoms with E-state index in [0.29, 0.717) is 6.42 Å². The maximum absolute atomic E-state index is 12.1. The number of aliphatic hydroxyl groups is 1. The average molecular weight is 289 g/mol. The number of rotatable bonds is 5. The number of sulfonamides is 1. The largest absolute Gasteiger partial charge is 0.395 e. The predicted molar refractivity (Wildman–Crippen MR) is 67.7 cm³/mol. The summed E-state index contributed by atoms with van der Waals surface area (Å²) in [5.41, 5.74) is -0.0977. The van der Waals surface area contributed by atoms with Crippen molar-refractivity contribution in [2.75, 3.05) is 6.61 Å². The Hall–Kier alpha value is -1.13. The van der Waals surface area contributed by atoms with Gasteiger partial charge in [-0.3, -0.25) is 0 Å². The number of benzene rings is 1. The van der Waals surface area contributed by atoms with Crippen molar-refractivity contribution in [2.45, 2.75) is 24.3 Å². The molecule has 0 saturated carbocycles. The number of nitrogens with zero attached hydrogens (tertiary/aromatic N) is 1. The topological polar surface area (TPSA) is 90.2 Å². The van der Waals surface area contributed by atoms with Crippen LogP contribution >= 0.6 is 11.6 Å². The molecule has 0 aliphatic carbocycles. The number of halogens is 1. The molecular formula is C11H13ClN2O3S. The van der Waals surface area contributed by atoms with Crippen molar-refractivity contribution in [2.24, 2.45) is 0 Å². The van der Waals surface area contributed by atoms with Gasteiger partial charge in [0.05, 0.1) is 17.2 Å². The monoisotopic (exact) mass is 288 g/mol. The molecule has 2 N–H and O–H groups in total. The molecule has 0 aliphatic rings. The van der Waals surface area contributed by atoms with E-state index in [4.69, 9.17) is 22.0 Å². The molecule has 0 radical (unpaired) electrons. The lowest BCUT2D eigenvalue weighted by molar-refractivity contribution is 0.254. The zero-order chi connectivity index (χ0) is 13.8. The zero-order valence-corrected chi connectivity index (χ0v) is 11.3. The Kier molecular flexibility index (Phi) is 5.11. The summed E-state index contributed by atoms with van der Waals surface area (Å²) >= 11 is 5.78. The summed E-state index contributed by atoms with van der Waals surface area (Å²) in [6, 6.07) is 5.39. The SMILES string of the molecule is CCC(CO)NS(=O)(=O)c1cccc(Cl)c1C#N. The van der Waals surface area contributed by atoms with Crippen LogP contribution in [0.5, 0.6) is 0 Å². The number of nitrogens with one attached hydrogen (secondary N) is 1. The maximum Gasteiger partial charge on any atom is 0.242 e. The van der Waals surface area contributed by atoms with Crippen molar-refractivity contribution < 1.29 is 13.5 Å². The summed E-state index contributed by atoms with van der Waals surface area (Å²) in [5, 5.41) is 18.0. The first kappa shape index (κ1) is 14.9. The summed E-state index contributed by atoms with van der Waals surface area (Å²) in [6.07, 6.45) is 0.443. The zero-order valence-electron chi connectivity index (χ0n) is 9.72. The highest BCUT2D eigenvalue weighted by Crippen LogP contribution is 2.23. The molecule has 0 spiro atoms. The Labute approximate surface area is 111 Å². The van der Waals surface area contributed by atoms with Crippen LogP contribution in [-0.2, 0) is 10.0 Å². The van der Waals surface area contributed by atoms with Gasteiger partial charge in [0, 0.05) is 6.04 Å². The third-order valence-corrected chi connectivity index (χ3v) is 4.29. The lowest BCUT2D eigenvalue weighted by Gasteiger charge is -2.15. The van der Waals surface area contributed by atoms with Gasteiger partial charge in [-0.15, -0.1) is 0 Å². The van der Waals surface area contributed by atoms with Crippen LogP contribution in [0.15, 0.2) is 23.1 Å². The second-order valence-electron chi connectivity index (χ2n) is 3.63. The normalized spacial score (nSPS) is 13.0. The summed E-state index contributed by atoms with van der Waals surface area (Å²) in [7, 11) is -3.87. The predicted octanol–water partition coefficient (Wildman–Crippen LogP) is 1.26. The van der Waals surface area contributed by atoms with Gasteiger partial charge in [0.25, 0.3) is 0 Å². The van der Waals surface area contributed by atoms with Crippen LogP contribution in [0, 0.1) is 11.3 Å². The van der Waals surface area contributed by atoms with Gasteiger partial charge in [-0.2, -0.15) is 5.26 Å². The molecule has 0 fully saturated rings. The Bertz CT molecular complexity index is 562. The number of hydrogen-bond acceptors (Lipinski definition) is 4. The lowest BCUT2D eigenvalue weighted by Crippen LogP contribution is -2.37. The second-order valence-corrected chi connectivity index (χ2v) is 5.72. The highest BCUT2D eigenvalue weighted by atomic mass is 35.5. The molecule has 98 valence electrons. The minimum atomic E-state index is -3.87. The summed E-state index contributed by atoms with van der Waals surface area (Å²) in [4.78, 5) is -0.176. The average Bonchev–Trinajstić information content (AvgIpc) is 2.35. The molecule has 1 unspecified atom stereocenters. The minimum Gasteiger partial charge on any atom is -0.395 e. The van der Waals surface area contributed by atoms with Crippen molar-refractivity contribution in [1.82, 2.24) is 4.72 Å². The molecule has 0 bridgehead atoms. The molecular weight excluding hydrogens is 276 g/mol. The van der Waals surface area contributed by atoms with E-state index in [1.54, 1.807) is 13.0 Å². The second kappa shape index (κ2) is 6.16. The minimum absolute atomic E-state index is 0.0809. The molecule has 0 heterocycles. The third kappa shape index (κ3) is 3.21. The Balaban J connectivity index is 3.22. The third-order valence-electron chi connectivity index (χ3n) is 2.41. The summed E-state index contributed by atoms with van der Waals surface area (Å²) in [5.74, 6) is 0. The fourth-order valence-electron chi connectivity index (χ4n) is 1.37. The summed E-state index contributed by atoms with van der Waals surface area (Å²) in [6.45, 7) is 1.44. The fraction of sp³-hybridized carbons (Fsp3) is 0.364. The van der Waals surface area contributed by atoms with Crippen LogP contribution in [0.2, 0.25) is 5.02 Å². The maximum atomic E-state index is 12.1. The number of aliphatic hydroxyl groups excluding tert-OH is 1. The molecule has 0 aromatic heterocycles. The van der Waals surface area contributed by atoms with E-state index in [0.717, 1.165) is 0 Å². The van der Waals surface area contributed by atoms with Crippen molar-refractivity contribution in [3.8, 4) is 6.07 Å². The van der Waals surface area contributed by atoms with E-state index in [1.165, 1.54) is 18.2 Å². The molecule has 0 aliphatic heterocycles. The van der Waals surface area contributed by atoms with E-state index < -0.39 is 16.1 Å². The van der Waals surface area contributed by atoms with Gasteiger partial charge in [0.1, 0.15) is 11.0 Å². The van der Waals surface area contributed by atoms with Gasteiger partial charge in [-0.25, -0.2) is 13.1 Å². The molecule has 0 saturated heterocycles. The molecule has 18 heavy (non-hydrogen) atoms. The quantitative estimate of drug-likeness (QED) is 0.853. The van der Waals surface area contributed by atoms with E-state index in [1.807, 2.05) is 0 Å². The van der Waals surface area contributed by atoms with E-state index >= 15 is 0 Å². The van der Waals surface area contributed by atoms with Crippen molar-refractivity contribution in [3.05, 3.63) is 28.8 Å². The van der Waals surface area contributed by atoms with Crippen LogP contribution < -0.4 is 4.72 Å². The Morgan fingerprint density at radius 1 is 1.56 bits per heavy atom. The van der Waals surface area contributed by atoms with Gasteiger partial charge >= 0.3 is 0 Å². The van der Waals surface area contributed by atoms with Crippen LogP contribution in [-0.4, -0.2) is 26.2 Å². The molecule has 0 amide bonds. The molecule has 1 aromatic carbocycles. The van der Waals surface area contributed by atoms with Crippen molar-refractivity contribution >= 4 is 21.6 Å². The standard InChI is InChI=1S/C11H13ClN2O3S/c1-2-8(7-15)14-18(16,17)11-5-3-4-10(12)9(11)6-13/h3-5,8,14-15H,2,7H2,1H3. The number of nitriles is 1. The molecule has 1 aromatic rings. The van der Waals surface area contributed by atoms with Crippen molar-refractivity contribution in [1.29, 1.82) is 5.26 Å². The Morgan fingerprint density at radius 3 is 2.72 bits per heavy atom. The summed E-state index contributed by atoms with van der Waals surface area (Å²) < 4.78 is 26.4. The van der Waals surface area contributed by atoms with Crippen molar-refractivity contribution in [3.63, 3.8) is 0 Å².